The van der Waals surface area contributed by atoms with Crippen LogP contribution in [0.25, 0.3) is 0 Å². The Hall–Kier alpha value is -0.890. The summed E-state index contributed by atoms with van der Waals surface area (Å²) in [5.41, 5.74) is 2.91. The van der Waals surface area contributed by atoms with Crippen LogP contribution in [0.5, 0.6) is 0 Å². The minimum atomic E-state index is 0.0267. The van der Waals surface area contributed by atoms with E-state index in [0.717, 1.165) is 55.4 Å². The van der Waals surface area contributed by atoms with Crippen molar-refractivity contribution in [3.8, 4) is 0 Å². The van der Waals surface area contributed by atoms with E-state index in [2.05, 4.69) is 19.9 Å². The fourth-order valence-corrected chi connectivity index (χ4v) is 3.73. The van der Waals surface area contributed by atoms with Crippen molar-refractivity contribution in [1.29, 1.82) is 0 Å². The summed E-state index contributed by atoms with van der Waals surface area (Å²) in [4.78, 5) is 0. The first-order chi connectivity index (χ1) is 11.2. The molecule has 0 aliphatic carbocycles. The second-order valence-electron chi connectivity index (χ2n) is 7.15. The highest BCUT2D eigenvalue weighted by atomic mass is 19.1. The smallest absolute Gasteiger partial charge is 0.129 e. The van der Waals surface area contributed by atoms with Crippen LogP contribution in [0.4, 0.5) is 4.39 Å². The Morgan fingerprint density at radius 2 is 1.83 bits per heavy atom. The number of aryl methyl sites for hydroxylation is 2. The minimum absolute atomic E-state index is 0.0267. The minimum Gasteiger partial charge on any atom is -0.378 e. The van der Waals surface area contributed by atoms with Gasteiger partial charge in [-0.05, 0) is 74.5 Å². The molecular weight excluding hydrogens is 287 g/mol. The third kappa shape index (κ3) is 5.31. The van der Waals surface area contributed by atoms with Crippen molar-refractivity contribution >= 4 is 0 Å². The van der Waals surface area contributed by atoms with Gasteiger partial charge in [0.25, 0.3) is 0 Å². The Balaban J connectivity index is 1.77. The third-order valence-electron chi connectivity index (χ3n) is 5.23. The van der Waals surface area contributed by atoms with Crippen LogP contribution >= 0.6 is 0 Å². The second kappa shape index (κ2) is 9.42. The molecule has 1 aliphatic rings. The standard InChI is InChI=1S/C21H33FO/c1-4-7-18-12-13-19(21(22)16(18)3)10-6-9-17-11-14-20(8-5-2)23-15-17/h12-13,17,20H,4-11,14-15H2,1-3H3. The van der Waals surface area contributed by atoms with Crippen LogP contribution < -0.4 is 0 Å². The molecule has 0 amide bonds. The first-order valence-corrected chi connectivity index (χ1v) is 9.54. The number of hydrogen-bond donors (Lipinski definition) is 0. The van der Waals surface area contributed by atoms with Gasteiger partial charge in [-0.3, -0.25) is 0 Å². The third-order valence-corrected chi connectivity index (χ3v) is 5.23. The van der Waals surface area contributed by atoms with Gasteiger partial charge in [-0.2, -0.15) is 0 Å². The van der Waals surface area contributed by atoms with Gasteiger partial charge in [-0.25, -0.2) is 4.39 Å². The molecule has 1 fully saturated rings. The van der Waals surface area contributed by atoms with Crippen LogP contribution in [0.2, 0.25) is 0 Å². The van der Waals surface area contributed by atoms with Crippen molar-refractivity contribution in [2.75, 3.05) is 6.61 Å². The summed E-state index contributed by atoms with van der Waals surface area (Å²) in [6.45, 7) is 7.19. The Bertz CT molecular complexity index is 475. The molecule has 1 saturated heterocycles. The van der Waals surface area contributed by atoms with Crippen LogP contribution in [0, 0.1) is 18.7 Å². The molecule has 2 heteroatoms. The molecule has 1 aromatic rings. The predicted molar refractivity (Wildman–Crippen MR) is 95.4 cm³/mol. The zero-order valence-electron chi connectivity index (χ0n) is 15.2. The lowest BCUT2D eigenvalue weighted by atomic mass is 9.91. The van der Waals surface area contributed by atoms with Gasteiger partial charge in [0.05, 0.1) is 6.10 Å². The van der Waals surface area contributed by atoms with Crippen molar-refractivity contribution in [2.24, 2.45) is 5.92 Å². The summed E-state index contributed by atoms with van der Waals surface area (Å²) >= 11 is 0. The molecule has 0 saturated carbocycles. The van der Waals surface area contributed by atoms with E-state index in [0.29, 0.717) is 12.0 Å². The van der Waals surface area contributed by atoms with Crippen LogP contribution in [-0.4, -0.2) is 12.7 Å². The number of hydrogen-bond acceptors (Lipinski definition) is 1. The van der Waals surface area contributed by atoms with Gasteiger partial charge in [-0.15, -0.1) is 0 Å². The first-order valence-electron chi connectivity index (χ1n) is 9.54. The molecule has 1 aromatic carbocycles. The lowest BCUT2D eigenvalue weighted by molar-refractivity contribution is -0.0223. The summed E-state index contributed by atoms with van der Waals surface area (Å²) in [6, 6.07) is 4.12. The van der Waals surface area contributed by atoms with E-state index < -0.39 is 0 Å². The lowest BCUT2D eigenvalue weighted by Crippen LogP contribution is -2.25. The molecular formula is C21H33FO. The monoisotopic (exact) mass is 320 g/mol. The SMILES string of the molecule is CCCc1ccc(CCCC2CCC(CCC)OC2)c(F)c1C. The summed E-state index contributed by atoms with van der Waals surface area (Å²) in [6.07, 6.45) is 10.5. The Labute approximate surface area is 141 Å². The number of ether oxygens (including phenoxy) is 1. The molecule has 0 bridgehead atoms. The molecule has 0 spiro atoms. The Kier molecular flexibility index (Phi) is 7.55. The van der Waals surface area contributed by atoms with Crippen molar-refractivity contribution in [3.05, 3.63) is 34.6 Å². The fourth-order valence-electron chi connectivity index (χ4n) is 3.73. The van der Waals surface area contributed by atoms with Crippen LogP contribution in [0.3, 0.4) is 0 Å². The molecule has 23 heavy (non-hydrogen) atoms. The van der Waals surface area contributed by atoms with Crippen LogP contribution in [0.1, 0.15) is 75.5 Å². The average molecular weight is 320 g/mol. The van der Waals surface area contributed by atoms with Crippen molar-refractivity contribution in [2.45, 2.75) is 84.7 Å². The van der Waals surface area contributed by atoms with E-state index in [1.54, 1.807) is 0 Å². The zero-order valence-corrected chi connectivity index (χ0v) is 15.2. The van der Waals surface area contributed by atoms with Gasteiger partial charge in [0.15, 0.2) is 0 Å². The summed E-state index contributed by atoms with van der Waals surface area (Å²) < 4.78 is 20.4. The topological polar surface area (TPSA) is 9.23 Å². The second-order valence-corrected chi connectivity index (χ2v) is 7.15. The highest BCUT2D eigenvalue weighted by molar-refractivity contribution is 5.33. The van der Waals surface area contributed by atoms with Crippen molar-refractivity contribution in [3.63, 3.8) is 0 Å². The van der Waals surface area contributed by atoms with E-state index in [-0.39, 0.29) is 5.82 Å². The van der Waals surface area contributed by atoms with Crippen molar-refractivity contribution < 1.29 is 9.13 Å². The average Bonchev–Trinajstić information content (AvgIpc) is 2.56. The maximum absolute atomic E-state index is 14.5. The zero-order chi connectivity index (χ0) is 16.7. The van der Waals surface area contributed by atoms with Gasteiger partial charge in [0.1, 0.15) is 5.82 Å². The first kappa shape index (κ1) is 18.4. The fraction of sp³-hybridized carbons (Fsp3) is 0.714. The summed E-state index contributed by atoms with van der Waals surface area (Å²) in [5, 5.41) is 0. The summed E-state index contributed by atoms with van der Waals surface area (Å²) in [7, 11) is 0. The molecule has 1 aliphatic heterocycles. The largest absolute Gasteiger partial charge is 0.378 e. The van der Waals surface area contributed by atoms with E-state index in [4.69, 9.17) is 4.74 Å². The molecule has 130 valence electrons. The molecule has 1 heterocycles. The number of halogens is 1. The molecule has 0 aromatic heterocycles. The van der Waals surface area contributed by atoms with Crippen LogP contribution in [0.15, 0.2) is 12.1 Å². The molecule has 1 nitrogen and oxygen atoms in total. The van der Waals surface area contributed by atoms with E-state index >= 15 is 0 Å². The Morgan fingerprint density at radius 3 is 2.48 bits per heavy atom. The molecule has 0 N–H and O–H groups in total. The maximum Gasteiger partial charge on any atom is 0.129 e. The molecule has 2 rings (SSSR count). The lowest BCUT2D eigenvalue weighted by Gasteiger charge is -2.29. The van der Waals surface area contributed by atoms with Gasteiger partial charge in [0.2, 0.25) is 0 Å². The molecule has 0 radical (unpaired) electrons. The molecule has 2 atom stereocenters. The molecule has 2 unspecified atom stereocenters. The quantitative estimate of drug-likeness (QED) is 0.570. The number of rotatable bonds is 8. The van der Waals surface area contributed by atoms with E-state index in [1.165, 1.54) is 25.7 Å². The normalized spacial score (nSPS) is 21.6. The maximum atomic E-state index is 14.5. The van der Waals surface area contributed by atoms with Gasteiger partial charge in [-0.1, -0.05) is 38.8 Å². The van der Waals surface area contributed by atoms with Gasteiger partial charge < -0.3 is 4.74 Å². The highest BCUT2D eigenvalue weighted by Crippen LogP contribution is 2.26. The van der Waals surface area contributed by atoms with E-state index in [9.17, 15) is 4.39 Å². The van der Waals surface area contributed by atoms with Crippen molar-refractivity contribution in [1.82, 2.24) is 0 Å². The van der Waals surface area contributed by atoms with Gasteiger partial charge >= 0.3 is 0 Å². The highest BCUT2D eigenvalue weighted by Gasteiger charge is 2.20. The van der Waals surface area contributed by atoms with E-state index in [1.807, 2.05) is 13.0 Å². The summed E-state index contributed by atoms with van der Waals surface area (Å²) in [5.74, 6) is 0.700. The Morgan fingerprint density at radius 1 is 1.04 bits per heavy atom. The van der Waals surface area contributed by atoms with Gasteiger partial charge in [0, 0.05) is 6.61 Å². The predicted octanol–water partition coefficient (Wildman–Crippen LogP) is 6.00. The van der Waals surface area contributed by atoms with Crippen LogP contribution in [-0.2, 0) is 17.6 Å². The number of benzene rings is 1.